The zero-order valence-corrected chi connectivity index (χ0v) is 14.4. The average molecular weight is 346 g/mol. The van der Waals surface area contributed by atoms with Crippen LogP contribution < -0.4 is 4.72 Å². The molecule has 3 rings (SSSR count). The first-order valence-electron chi connectivity index (χ1n) is 7.33. The van der Waals surface area contributed by atoms with Gasteiger partial charge in [-0.3, -0.25) is 4.68 Å². The van der Waals surface area contributed by atoms with Crippen molar-refractivity contribution < 1.29 is 8.42 Å². The van der Waals surface area contributed by atoms with Crippen molar-refractivity contribution in [2.45, 2.75) is 25.3 Å². The second-order valence-corrected chi connectivity index (χ2v) is 7.17. The molecule has 0 radical (unpaired) electrons. The number of nitrogens with zero attached hydrogens (tertiary/aromatic N) is 5. The third kappa shape index (κ3) is 3.08. The number of aromatic nitrogens is 5. The van der Waals surface area contributed by atoms with Gasteiger partial charge in [0.25, 0.3) is 0 Å². The Morgan fingerprint density at radius 2 is 2.04 bits per heavy atom. The van der Waals surface area contributed by atoms with E-state index in [-0.39, 0.29) is 11.4 Å². The maximum atomic E-state index is 12.5. The fraction of sp³-hybridized carbons (Fsp3) is 0.267. The van der Waals surface area contributed by atoms with Crippen LogP contribution in [0.25, 0.3) is 5.82 Å². The Balaban J connectivity index is 1.80. The second kappa shape index (κ2) is 6.17. The normalized spacial score (nSPS) is 11.8. The van der Waals surface area contributed by atoms with Crippen molar-refractivity contribution in [2.75, 3.05) is 0 Å². The molecule has 0 aliphatic rings. The number of aryl methyl sites for hydroxylation is 2. The van der Waals surface area contributed by atoms with Gasteiger partial charge in [0.1, 0.15) is 4.90 Å². The molecule has 0 fully saturated rings. The maximum absolute atomic E-state index is 12.5. The van der Waals surface area contributed by atoms with Crippen LogP contribution >= 0.6 is 0 Å². The lowest BCUT2D eigenvalue weighted by Crippen LogP contribution is -2.23. The molecule has 8 nitrogen and oxygen atoms in total. The maximum Gasteiger partial charge on any atom is 0.244 e. The zero-order valence-electron chi connectivity index (χ0n) is 13.6. The second-order valence-electron chi connectivity index (χ2n) is 5.41. The summed E-state index contributed by atoms with van der Waals surface area (Å²) in [5.41, 5.74) is 2.61. The first-order valence-corrected chi connectivity index (χ1v) is 8.81. The monoisotopic (exact) mass is 346 g/mol. The van der Waals surface area contributed by atoms with E-state index >= 15 is 0 Å². The highest BCUT2D eigenvalue weighted by atomic mass is 32.2. The van der Waals surface area contributed by atoms with E-state index in [9.17, 15) is 8.42 Å². The largest absolute Gasteiger partial charge is 0.272 e. The van der Waals surface area contributed by atoms with E-state index in [1.807, 2.05) is 27.0 Å². The van der Waals surface area contributed by atoms with Gasteiger partial charge in [0, 0.05) is 31.0 Å². The van der Waals surface area contributed by atoms with Gasteiger partial charge in [-0.25, -0.2) is 22.8 Å². The first-order chi connectivity index (χ1) is 11.4. The summed E-state index contributed by atoms with van der Waals surface area (Å²) in [5, 5.41) is 8.35. The summed E-state index contributed by atoms with van der Waals surface area (Å²) in [5.74, 6) is 0.554. The van der Waals surface area contributed by atoms with Crippen LogP contribution in [-0.4, -0.2) is 33.0 Å². The SMILES string of the molecule is Cc1nn(C)c(C)c1CNS(=O)(=O)c1cnn(-c2ccccn2)c1. The molecular formula is C15H18N6O2S. The Bertz CT molecular complexity index is 959. The Kier molecular flexibility index (Phi) is 4.20. The topological polar surface area (TPSA) is 94.7 Å². The number of hydrogen-bond donors (Lipinski definition) is 1. The quantitative estimate of drug-likeness (QED) is 0.746. The standard InChI is InChI=1S/C15H18N6O2S/c1-11-14(12(2)20(3)19-11)9-18-24(22,23)13-8-17-21(10-13)15-6-4-5-7-16-15/h4-8,10,18H,9H2,1-3H3. The van der Waals surface area contributed by atoms with Crippen LogP contribution in [0.15, 0.2) is 41.7 Å². The summed E-state index contributed by atoms with van der Waals surface area (Å²) >= 11 is 0. The molecule has 0 amide bonds. The van der Waals surface area contributed by atoms with Crippen LogP contribution in [0.2, 0.25) is 0 Å². The van der Waals surface area contributed by atoms with E-state index in [1.165, 1.54) is 17.1 Å². The predicted molar refractivity (Wildman–Crippen MR) is 88.1 cm³/mol. The van der Waals surface area contributed by atoms with Crippen molar-refractivity contribution in [3.63, 3.8) is 0 Å². The number of nitrogens with one attached hydrogen (secondary N) is 1. The third-order valence-corrected chi connectivity index (χ3v) is 5.21. The van der Waals surface area contributed by atoms with E-state index in [0.29, 0.717) is 5.82 Å². The molecule has 3 aromatic rings. The molecule has 0 saturated carbocycles. The lowest BCUT2D eigenvalue weighted by molar-refractivity contribution is 0.581. The van der Waals surface area contributed by atoms with Crippen LogP contribution in [0.1, 0.15) is 17.0 Å². The lowest BCUT2D eigenvalue weighted by Gasteiger charge is -2.05. The number of hydrogen-bond acceptors (Lipinski definition) is 5. The molecule has 0 atom stereocenters. The van der Waals surface area contributed by atoms with Crippen LogP contribution in [0.3, 0.4) is 0 Å². The molecule has 0 bridgehead atoms. The minimum Gasteiger partial charge on any atom is -0.272 e. The Labute approximate surface area is 140 Å². The molecule has 126 valence electrons. The summed E-state index contributed by atoms with van der Waals surface area (Å²) in [4.78, 5) is 4.23. The van der Waals surface area contributed by atoms with E-state index in [4.69, 9.17) is 0 Å². The van der Waals surface area contributed by atoms with Crippen LogP contribution in [0.5, 0.6) is 0 Å². The lowest BCUT2D eigenvalue weighted by atomic mass is 10.2. The molecule has 1 N–H and O–H groups in total. The zero-order chi connectivity index (χ0) is 17.3. The predicted octanol–water partition coefficient (Wildman–Crippen LogP) is 1.10. The molecule has 3 aromatic heterocycles. The van der Waals surface area contributed by atoms with Crippen LogP contribution in [-0.2, 0) is 23.6 Å². The summed E-state index contributed by atoms with van der Waals surface area (Å²) < 4.78 is 30.7. The molecule has 24 heavy (non-hydrogen) atoms. The van der Waals surface area contributed by atoms with Crippen molar-refractivity contribution in [3.8, 4) is 5.82 Å². The van der Waals surface area contributed by atoms with Crippen LogP contribution in [0.4, 0.5) is 0 Å². The molecule has 9 heteroatoms. The van der Waals surface area contributed by atoms with Gasteiger partial charge in [0.2, 0.25) is 10.0 Å². The van der Waals surface area contributed by atoms with Gasteiger partial charge in [-0.2, -0.15) is 10.2 Å². The Hall–Kier alpha value is -2.52. The summed E-state index contributed by atoms with van der Waals surface area (Å²) in [6.45, 7) is 3.95. The Morgan fingerprint density at radius 1 is 1.25 bits per heavy atom. The van der Waals surface area contributed by atoms with E-state index < -0.39 is 10.0 Å². The van der Waals surface area contributed by atoms with E-state index in [1.54, 1.807) is 23.0 Å². The molecule has 0 spiro atoms. The van der Waals surface area contributed by atoms with Gasteiger partial charge >= 0.3 is 0 Å². The Morgan fingerprint density at radius 3 is 2.67 bits per heavy atom. The highest BCUT2D eigenvalue weighted by Gasteiger charge is 2.19. The smallest absolute Gasteiger partial charge is 0.244 e. The van der Waals surface area contributed by atoms with Gasteiger partial charge < -0.3 is 0 Å². The van der Waals surface area contributed by atoms with Gasteiger partial charge in [-0.1, -0.05) is 6.07 Å². The van der Waals surface area contributed by atoms with Crippen molar-refractivity contribution >= 4 is 10.0 Å². The van der Waals surface area contributed by atoms with Crippen molar-refractivity contribution in [2.24, 2.45) is 7.05 Å². The number of pyridine rings is 1. The highest BCUT2D eigenvalue weighted by molar-refractivity contribution is 7.89. The highest BCUT2D eigenvalue weighted by Crippen LogP contribution is 2.14. The fourth-order valence-electron chi connectivity index (χ4n) is 2.38. The summed E-state index contributed by atoms with van der Waals surface area (Å²) in [6.07, 6.45) is 4.37. The minimum atomic E-state index is -3.67. The molecule has 0 unspecified atom stereocenters. The van der Waals surface area contributed by atoms with Crippen LogP contribution in [0, 0.1) is 13.8 Å². The fourth-order valence-corrected chi connectivity index (χ4v) is 3.31. The summed E-state index contributed by atoms with van der Waals surface area (Å²) in [7, 11) is -1.84. The molecule has 0 aromatic carbocycles. The van der Waals surface area contributed by atoms with Gasteiger partial charge in [0.15, 0.2) is 5.82 Å². The van der Waals surface area contributed by atoms with Gasteiger partial charge in [-0.15, -0.1) is 0 Å². The third-order valence-electron chi connectivity index (χ3n) is 3.85. The van der Waals surface area contributed by atoms with Crippen molar-refractivity contribution in [1.29, 1.82) is 0 Å². The van der Waals surface area contributed by atoms with E-state index in [0.717, 1.165) is 17.0 Å². The number of sulfonamides is 1. The average Bonchev–Trinajstić information content (AvgIpc) is 3.14. The first kappa shape index (κ1) is 16.3. The number of rotatable bonds is 5. The molecule has 0 aliphatic carbocycles. The van der Waals surface area contributed by atoms with Crippen molar-refractivity contribution in [3.05, 3.63) is 53.7 Å². The van der Waals surface area contributed by atoms with Gasteiger partial charge in [0.05, 0.1) is 18.1 Å². The molecule has 0 saturated heterocycles. The minimum absolute atomic E-state index is 0.0901. The molecule has 0 aliphatic heterocycles. The van der Waals surface area contributed by atoms with Gasteiger partial charge in [-0.05, 0) is 26.0 Å². The van der Waals surface area contributed by atoms with Crippen molar-refractivity contribution in [1.82, 2.24) is 29.3 Å². The molecule has 3 heterocycles. The molecular weight excluding hydrogens is 328 g/mol. The van der Waals surface area contributed by atoms with E-state index in [2.05, 4.69) is 19.9 Å². The summed E-state index contributed by atoms with van der Waals surface area (Å²) in [6, 6.07) is 5.34.